The topological polar surface area (TPSA) is 29.1 Å². The average Bonchev–Trinajstić information content (AvgIpc) is 2.08. The van der Waals surface area contributed by atoms with Gasteiger partial charge in [0, 0.05) is 5.69 Å². The Morgan fingerprint density at radius 2 is 1.83 bits per heavy atom. The van der Waals surface area contributed by atoms with Gasteiger partial charge in [-0.3, -0.25) is 4.79 Å². The molecule has 0 unspecified atom stereocenters. The van der Waals surface area contributed by atoms with Crippen LogP contribution in [0.15, 0.2) is 30.3 Å². The van der Waals surface area contributed by atoms with Crippen molar-refractivity contribution in [2.24, 2.45) is 0 Å². The minimum atomic E-state index is 0.222. The first-order valence-electron chi connectivity index (χ1n) is 3.24. The molecule has 1 aromatic rings. The Morgan fingerprint density at radius 1 is 1.33 bits per heavy atom. The average molecular weight is 206 g/mol. The number of para-hydroxylation sites is 1. The normalized spacial score (nSPS) is 7.83. The molecule has 1 N–H and O–H groups in total. The van der Waals surface area contributed by atoms with Gasteiger partial charge in [-0.2, -0.15) is 0 Å². The summed E-state index contributed by atoms with van der Waals surface area (Å²) in [5.41, 5.74) is 1.06. The summed E-state index contributed by atoms with van der Waals surface area (Å²) < 4.78 is 0. The highest BCUT2D eigenvalue weighted by molar-refractivity contribution is 6.54. The number of halogens is 2. The highest BCUT2D eigenvalue weighted by Gasteiger charge is 1.82. The van der Waals surface area contributed by atoms with Crippen LogP contribution in [0.3, 0.4) is 0 Å². The van der Waals surface area contributed by atoms with E-state index in [1.165, 1.54) is 0 Å². The van der Waals surface area contributed by atoms with Crippen molar-refractivity contribution in [1.29, 1.82) is 0 Å². The van der Waals surface area contributed by atoms with Crippen LogP contribution in [0.25, 0.3) is 0 Å². The molecule has 4 heteroatoms. The number of benzene rings is 1. The van der Waals surface area contributed by atoms with E-state index >= 15 is 0 Å². The third kappa shape index (κ3) is 6.01. The van der Waals surface area contributed by atoms with E-state index in [1.807, 2.05) is 30.3 Å². The van der Waals surface area contributed by atoms with Crippen molar-refractivity contribution < 1.29 is 4.79 Å². The molecule has 0 bridgehead atoms. The van der Waals surface area contributed by atoms with Crippen LogP contribution >= 0.6 is 23.2 Å². The molecule has 0 saturated carbocycles. The van der Waals surface area contributed by atoms with E-state index in [-0.39, 0.29) is 5.75 Å². The second-order valence-corrected chi connectivity index (χ2v) is 2.21. The predicted molar refractivity (Wildman–Crippen MR) is 53.4 cm³/mol. The lowest BCUT2D eigenvalue weighted by molar-refractivity contribution is 0.569. The van der Waals surface area contributed by atoms with E-state index in [2.05, 4.69) is 16.9 Å². The van der Waals surface area contributed by atoms with Crippen LogP contribution in [-0.4, -0.2) is 11.7 Å². The third-order valence-electron chi connectivity index (χ3n) is 1.04. The fraction of sp³-hybridized carbons (Fsp3) is 0.125. The Morgan fingerprint density at radius 3 is 2.25 bits per heavy atom. The molecule has 0 aromatic heterocycles. The molecule has 0 atom stereocenters. The molecule has 1 rings (SSSR count). The highest BCUT2D eigenvalue weighted by Crippen LogP contribution is 2.03. The first kappa shape index (κ1) is 11.3. The second kappa shape index (κ2) is 8.37. The lowest BCUT2D eigenvalue weighted by Crippen LogP contribution is -1.92. The summed E-state index contributed by atoms with van der Waals surface area (Å²) in [7, 11) is 0. The molecular formula is C8H9Cl2NO. The molecule has 0 aliphatic rings. The Kier molecular flexibility index (Phi) is 7.86. The fourth-order valence-electron chi connectivity index (χ4n) is 0.633. The minimum Gasteiger partial charge on any atom is -0.372 e. The summed E-state index contributed by atoms with van der Waals surface area (Å²) in [4.78, 5) is 8.57. The van der Waals surface area contributed by atoms with Gasteiger partial charge in [0.05, 0.1) is 6.00 Å². The fourth-order valence-corrected chi connectivity index (χ4v) is 0.787. The summed E-state index contributed by atoms with van der Waals surface area (Å²) in [5, 5.41) is 2.97. The van der Waals surface area contributed by atoms with Crippen molar-refractivity contribution in [2.75, 3.05) is 11.3 Å². The minimum absolute atomic E-state index is 0.222. The molecule has 0 saturated heterocycles. The van der Waals surface area contributed by atoms with Gasteiger partial charge in [0.15, 0.2) is 0 Å². The molecule has 0 heterocycles. The van der Waals surface area contributed by atoms with Crippen LogP contribution in [0.1, 0.15) is 0 Å². The van der Waals surface area contributed by atoms with Gasteiger partial charge in [-0.05, 0) is 23.7 Å². The second-order valence-electron chi connectivity index (χ2n) is 1.77. The molecule has 0 aliphatic heterocycles. The monoisotopic (exact) mass is 205 g/mol. The van der Waals surface area contributed by atoms with Gasteiger partial charge >= 0.3 is 0 Å². The van der Waals surface area contributed by atoms with Crippen molar-refractivity contribution in [2.45, 2.75) is 0 Å². The number of rotatable bonds is 2. The first-order valence-corrected chi connectivity index (χ1v) is 4.21. The molecule has 66 valence electrons. The summed E-state index contributed by atoms with van der Waals surface area (Å²) in [6.07, 6.45) is 0. The number of hydrogen-bond donors (Lipinski definition) is 1. The largest absolute Gasteiger partial charge is 0.372 e. The van der Waals surface area contributed by atoms with Crippen molar-refractivity contribution in [1.82, 2.24) is 0 Å². The van der Waals surface area contributed by atoms with Gasteiger partial charge in [0.25, 0.3) is 0 Å². The zero-order valence-electron chi connectivity index (χ0n) is 6.34. The van der Waals surface area contributed by atoms with Gasteiger partial charge in [-0.1, -0.05) is 18.2 Å². The van der Waals surface area contributed by atoms with E-state index < -0.39 is 0 Å². The summed E-state index contributed by atoms with van der Waals surface area (Å²) in [6, 6.07) is 10.3. The van der Waals surface area contributed by atoms with Crippen LogP contribution in [0.5, 0.6) is 0 Å². The zero-order chi connectivity index (χ0) is 9.23. The molecule has 1 aromatic carbocycles. The Hall–Kier alpha value is -0.730. The quantitative estimate of drug-likeness (QED) is 0.349. The smallest absolute Gasteiger partial charge is 0.208 e. The maximum absolute atomic E-state index is 8.57. The van der Waals surface area contributed by atoms with Crippen LogP contribution in [0.2, 0.25) is 0 Å². The molecule has 0 aliphatic carbocycles. The van der Waals surface area contributed by atoms with Gasteiger partial charge in [-0.25, -0.2) is 0 Å². The number of anilines is 1. The first-order chi connectivity index (χ1) is 5.85. The van der Waals surface area contributed by atoms with Crippen molar-refractivity contribution >= 4 is 34.6 Å². The SMILES string of the molecule is ClCNc1ccccc1.O=CCl. The number of hydrogen-bond acceptors (Lipinski definition) is 2. The number of carbonyl (C=O) groups excluding carboxylic acids is 1. The molecule has 0 amide bonds. The lowest BCUT2D eigenvalue weighted by Gasteiger charge is -1.97. The van der Waals surface area contributed by atoms with E-state index in [9.17, 15) is 0 Å². The van der Waals surface area contributed by atoms with E-state index in [0.29, 0.717) is 6.00 Å². The van der Waals surface area contributed by atoms with E-state index in [1.54, 1.807) is 0 Å². The molecular weight excluding hydrogens is 197 g/mol. The van der Waals surface area contributed by atoms with Gasteiger partial charge in [0.2, 0.25) is 5.75 Å². The van der Waals surface area contributed by atoms with Gasteiger partial charge < -0.3 is 5.32 Å². The third-order valence-corrected chi connectivity index (χ3v) is 1.18. The van der Waals surface area contributed by atoms with Crippen LogP contribution in [0, 0.1) is 0 Å². The number of alkyl halides is 1. The Balaban J connectivity index is 0.000000354. The van der Waals surface area contributed by atoms with Crippen LogP contribution in [-0.2, 0) is 4.79 Å². The van der Waals surface area contributed by atoms with Crippen molar-refractivity contribution in [3.63, 3.8) is 0 Å². The predicted octanol–water partition coefficient (Wildman–Crippen LogP) is 2.71. The molecule has 2 nitrogen and oxygen atoms in total. The van der Waals surface area contributed by atoms with Gasteiger partial charge in [-0.15, -0.1) is 11.6 Å². The highest BCUT2D eigenvalue weighted by atomic mass is 35.5. The van der Waals surface area contributed by atoms with Crippen molar-refractivity contribution in [3.8, 4) is 0 Å². The van der Waals surface area contributed by atoms with E-state index in [0.717, 1.165) is 5.69 Å². The molecule has 0 radical (unpaired) electrons. The molecule has 0 fully saturated rings. The van der Waals surface area contributed by atoms with Crippen LogP contribution < -0.4 is 5.32 Å². The standard InChI is InChI=1S/C7H8ClN.CHClO/c8-6-9-7-4-2-1-3-5-7;2-1-3/h1-5,9H,6H2;1H. The Labute approximate surface area is 81.5 Å². The number of carbonyl (C=O) groups is 1. The van der Waals surface area contributed by atoms with Crippen LogP contribution in [0.4, 0.5) is 5.69 Å². The summed E-state index contributed by atoms with van der Waals surface area (Å²) in [5.74, 6) is 0.222. The van der Waals surface area contributed by atoms with Gasteiger partial charge in [0.1, 0.15) is 0 Å². The maximum atomic E-state index is 8.57. The van der Waals surface area contributed by atoms with Crippen molar-refractivity contribution in [3.05, 3.63) is 30.3 Å². The summed E-state index contributed by atoms with van der Waals surface area (Å²) >= 11 is 9.74. The van der Waals surface area contributed by atoms with E-state index in [4.69, 9.17) is 16.4 Å². The molecule has 12 heavy (non-hydrogen) atoms. The lowest BCUT2D eigenvalue weighted by atomic mass is 10.3. The molecule has 0 spiro atoms. The maximum Gasteiger partial charge on any atom is 0.208 e. The zero-order valence-corrected chi connectivity index (χ0v) is 7.85. The Bertz CT molecular complexity index is 203. The summed E-state index contributed by atoms with van der Waals surface area (Å²) in [6.45, 7) is 0. The number of nitrogens with one attached hydrogen (secondary N) is 1.